The van der Waals surface area contributed by atoms with E-state index < -0.39 is 25.2 Å². The van der Waals surface area contributed by atoms with Gasteiger partial charge in [0.15, 0.2) is 13.2 Å². The van der Waals surface area contributed by atoms with E-state index in [1.165, 1.54) is 12.8 Å². The predicted molar refractivity (Wildman–Crippen MR) is 110 cm³/mol. The molecule has 8 nitrogen and oxygen atoms in total. The minimum atomic E-state index is -0.820. The Bertz CT molecular complexity index is 594. The maximum absolute atomic E-state index is 11.9. The van der Waals surface area contributed by atoms with Crippen LogP contribution in [-0.2, 0) is 28.7 Å². The molecule has 2 amide bonds. The molecule has 0 heterocycles. The Morgan fingerprint density at radius 1 is 0.700 bits per heavy atom. The van der Waals surface area contributed by atoms with Crippen LogP contribution in [0.4, 0.5) is 0 Å². The van der Waals surface area contributed by atoms with Gasteiger partial charge < -0.3 is 20.1 Å². The van der Waals surface area contributed by atoms with Gasteiger partial charge in [-0.2, -0.15) is 0 Å². The van der Waals surface area contributed by atoms with E-state index in [1.54, 1.807) is 0 Å². The van der Waals surface area contributed by atoms with E-state index in [2.05, 4.69) is 24.5 Å². The highest BCUT2D eigenvalue weighted by atomic mass is 16.5. The summed E-state index contributed by atoms with van der Waals surface area (Å²) in [6.45, 7) is 3.40. The Morgan fingerprint density at radius 3 is 1.43 bits per heavy atom. The van der Waals surface area contributed by atoms with E-state index in [9.17, 15) is 19.2 Å². The third-order valence-corrected chi connectivity index (χ3v) is 5.96. The molecule has 0 bridgehead atoms. The number of nitrogens with one attached hydrogen (secondary N) is 2. The molecule has 0 saturated heterocycles. The molecule has 2 fully saturated rings. The van der Waals surface area contributed by atoms with Gasteiger partial charge in [-0.25, -0.2) is 9.59 Å². The van der Waals surface area contributed by atoms with E-state index >= 15 is 0 Å². The summed E-state index contributed by atoms with van der Waals surface area (Å²) < 4.78 is 9.69. The molecule has 0 aromatic carbocycles. The van der Waals surface area contributed by atoms with Crippen molar-refractivity contribution in [2.45, 2.75) is 77.3 Å². The summed E-state index contributed by atoms with van der Waals surface area (Å²) in [5, 5.41) is 5.76. The highest BCUT2D eigenvalue weighted by Gasteiger charge is 2.24. The second-order valence-corrected chi connectivity index (χ2v) is 8.42. The minimum Gasteiger partial charge on any atom is -0.452 e. The van der Waals surface area contributed by atoms with Crippen molar-refractivity contribution in [3.8, 4) is 0 Å². The summed E-state index contributed by atoms with van der Waals surface area (Å²) in [7, 11) is 0. The number of carbonyl (C=O) groups is 4. The third kappa shape index (κ3) is 8.55. The topological polar surface area (TPSA) is 111 Å². The predicted octanol–water partition coefficient (Wildman–Crippen LogP) is 2.02. The lowest BCUT2D eigenvalue weighted by atomic mass is 9.86. The smallest absolute Gasteiger partial charge is 0.331 e. The van der Waals surface area contributed by atoms with Crippen LogP contribution in [0.3, 0.4) is 0 Å². The number of amides is 2. The van der Waals surface area contributed by atoms with Gasteiger partial charge in [-0.15, -0.1) is 0 Å². The zero-order chi connectivity index (χ0) is 21.9. The van der Waals surface area contributed by atoms with Gasteiger partial charge >= 0.3 is 11.9 Å². The summed E-state index contributed by atoms with van der Waals surface area (Å²) in [5.74, 6) is -1.53. The quantitative estimate of drug-likeness (QED) is 0.457. The summed E-state index contributed by atoms with van der Waals surface area (Å²) in [5.41, 5.74) is 0. The van der Waals surface area contributed by atoms with Gasteiger partial charge in [0.25, 0.3) is 11.8 Å². The number of hydrogen-bond acceptors (Lipinski definition) is 6. The normalized spacial score (nSPS) is 26.6. The van der Waals surface area contributed by atoms with Crippen molar-refractivity contribution < 1.29 is 28.7 Å². The Morgan fingerprint density at radius 2 is 1.07 bits per heavy atom. The van der Waals surface area contributed by atoms with E-state index in [-0.39, 0.29) is 23.9 Å². The van der Waals surface area contributed by atoms with Crippen LogP contribution < -0.4 is 10.6 Å². The number of rotatable bonds is 8. The largest absolute Gasteiger partial charge is 0.452 e. The van der Waals surface area contributed by atoms with Gasteiger partial charge in [0.05, 0.1) is 0 Å². The molecular formula is C22H34N2O6. The van der Waals surface area contributed by atoms with Crippen LogP contribution in [0.5, 0.6) is 0 Å². The van der Waals surface area contributed by atoms with E-state index in [4.69, 9.17) is 9.47 Å². The molecular weight excluding hydrogens is 388 g/mol. The number of esters is 2. The van der Waals surface area contributed by atoms with Crippen molar-refractivity contribution in [3.05, 3.63) is 12.2 Å². The molecule has 0 aromatic heterocycles. The summed E-state index contributed by atoms with van der Waals surface area (Å²) in [6.07, 6.45) is 10.3. The first-order chi connectivity index (χ1) is 14.3. The van der Waals surface area contributed by atoms with Gasteiger partial charge in [0.2, 0.25) is 0 Å². The number of carbonyl (C=O) groups excluding carboxylic acids is 4. The molecule has 2 saturated carbocycles. The lowest BCUT2D eigenvalue weighted by Crippen LogP contribution is -2.42. The van der Waals surface area contributed by atoms with Crippen molar-refractivity contribution >= 4 is 23.8 Å². The molecule has 8 heteroatoms. The minimum absolute atomic E-state index is 0.109. The molecule has 30 heavy (non-hydrogen) atoms. The van der Waals surface area contributed by atoms with Crippen LogP contribution in [0, 0.1) is 11.8 Å². The standard InChI is InChI=1S/C22H34N2O6/c1-15-7-3-5-9-17(15)23-19(25)13-29-21(27)11-12-22(28)30-14-20(26)24-18-10-6-4-8-16(18)2/h11-12,15-18H,3-10,13-14H2,1-2H3,(H,23,25)(H,24,26)/b12-11+/t15-,16+,17+,18-. The molecule has 2 N–H and O–H groups in total. The van der Waals surface area contributed by atoms with Gasteiger partial charge in [0, 0.05) is 24.2 Å². The Kier molecular flexibility index (Phi) is 9.83. The highest BCUT2D eigenvalue weighted by molar-refractivity contribution is 5.93. The average Bonchev–Trinajstić information content (AvgIpc) is 2.72. The maximum Gasteiger partial charge on any atom is 0.331 e. The van der Waals surface area contributed by atoms with Crippen molar-refractivity contribution in [1.82, 2.24) is 10.6 Å². The van der Waals surface area contributed by atoms with Gasteiger partial charge in [-0.05, 0) is 37.5 Å². The second-order valence-electron chi connectivity index (χ2n) is 8.42. The molecule has 0 aromatic rings. The van der Waals surface area contributed by atoms with Crippen LogP contribution in [0.1, 0.15) is 65.2 Å². The number of ether oxygens (including phenoxy) is 2. The van der Waals surface area contributed by atoms with Crippen LogP contribution >= 0.6 is 0 Å². The highest BCUT2D eigenvalue weighted by Crippen LogP contribution is 2.24. The Labute approximate surface area is 178 Å². The SMILES string of the molecule is C[C@@H]1CCCC[C@@H]1NC(=O)COC(=O)/C=C/C(=O)OCC(=O)N[C@@H]1CCCC[C@@H]1C. The van der Waals surface area contributed by atoms with Gasteiger partial charge in [-0.3, -0.25) is 9.59 Å². The fourth-order valence-electron chi connectivity index (χ4n) is 4.06. The molecule has 168 valence electrons. The fraction of sp³-hybridized carbons (Fsp3) is 0.727. The lowest BCUT2D eigenvalue weighted by molar-refractivity contribution is -0.145. The van der Waals surface area contributed by atoms with E-state index in [1.807, 2.05) is 0 Å². The Hall–Kier alpha value is -2.38. The molecule has 4 atom stereocenters. The zero-order valence-corrected chi connectivity index (χ0v) is 18.0. The molecule has 0 aliphatic heterocycles. The average molecular weight is 423 g/mol. The summed E-state index contributed by atoms with van der Waals surface area (Å²) >= 11 is 0. The van der Waals surface area contributed by atoms with Gasteiger partial charge in [0.1, 0.15) is 0 Å². The Balaban J connectivity index is 1.61. The molecule has 0 radical (unpaired) electrons. The van der Waals surface area contributed by atoms with Crippen molar-refractivity contribution in [1.29, 1.82) is 0 Å². The first-order valence-electron chi connectivity index (χ1n) is 11.0. The molecule has 0 unspecified atom stereocenters. The van der Waals surface area contributed by atoms with Crippen LogP contribution in [0.15, 0.2) is 12.2 Å². The summed E-state index contributed by atoms with van der Waals surface area (Å²) in [6, 6.07) is 0.219. The first kappa shape index (κ1) is 23.9. The molecule has 0 spiro atoms. The monoisotopic (exact) mass is 422 g/mol. The van der Waals surface area contributed by atoms with Crippen molar-refractivity contribution in [2.75, 3.05) is 13.2 Å². The maximum atomic E-state index is 11.9. The fourth-order valence-corrected chi connectivity index (χ4v) is 4.06. The lowest BCUT2D eigenvalue weighted by Gasteiger charge is -2.29. The van der Waals surface area contributed by atoms with Crippen molar-refractivity contribution in [3.63, 3.8) is 0 Å². The van der Waals surface area contributed by atoms with Crippen molar-refractivity contribution in [2.24, 2.45) is 11.8 Å². The zero-order valence-electron chi connectivity index (χ0n) is 18.0. The first-order valence-corrected chi connectivity index (χ1v) is 11.0. The van der Waals surface area contributed by atoms with E-state index in [0.29, 0.717) is 11.8 Å². The molecule has 2 rings (SSSR count). The third-order valence-electron chi connectivity index (χ3n) is 5.96. The van der Waals surface area contributed by atoms with E-state index in [0.717, 1.165) is 50.7 Å². The van der Waals surface area contributed by atoms with Crippen LogP contribution in [-0.4, -0.2) is 49.1 Å². The van der Waals surface area contributed by atoms with Crippen LogP contribution in [0.2, 0.25) is 0 Å². The molecule has 2 aliphatic rings. The summed E-state index contributed by atoms with van der Waals surface area (Å²) in [4.78, 5) is 47.2. The molecule has 2 aliphatic carbocycles. The van der Waals surface area contributed by atoms with Crippen LogP contribution in [0.25, 0.3) is 0 Å². The van der Waals surface area contributed by atoms with Gasteiger partial charge in [-0.1, -0.05) is 39.5 Å². The second kappa shape index (κ2) is 12.3. The number of hydrogen-bond donors (Lipinski definition) is 2.